The first-order chi connectivity index (χ1) is 22.8. The highest BCUT2D eigenvalue weighted by Gasteiger charge is 2.19. The number of aromatic nitrogens is 1. The van der Waals surface area contributed by atoms with Crippen LogP contribution in [0.1, 0.15) is 0 Å². The molecule has 0 aliphatic rings. The molecule has 0 aliphatic heterocycles. The van der Waals surface area contributed by atoms with Crippen LogP contribution >= 0.6 is 11.3 Å². The van der Waals surface area contributed by atoms with Gasteiger partial charge in [0.05, 0.1) is 11.0 Å². The highest BCUT2D eigenvalue weighted by molar-refractivity contribution is 7.25. The van der Waals surface area contributed by atoms with Gasteiger partial charge in [0.15, 0.2) is 0 Å². The van der Waals surface area contributed by atoms with Crippen molar-refractivity contribution in [2.45, 2.75) is 0 Å². The number of rotatable bonds is 4. The SMILES string of the molecule is c1ccc(-c2cc(-c3ccccc3)cc(-n3c4cccc5ccc6cc(-c7ccc8sc9ccccc9c8c7)cc3c6c54)c2)cc1. The first-order valence-electron chi connectivity index (χ1n) is 15.8. The summed E-state index contributed by atoms with van der Waals surface area (Å²) in [7, 11) is 0. The molecule has 2 heterocycles. The van der Waals surface area contributed by atoms with Gasteiger partial charge in [-0.05, 0) is 98.8 Å². The van der Waals surface area contributed by atoms with E-state index in [2.05, 4.69) is 168 Å². The molecule has 0 unspecified atom stereocenters. The van der Waals surface area contributed by atoms with Crippen molar-refractivity contribution < 1.29 is 0 Å². The van der Waals surface area contributed by atoms with Crippen molar-refractivity contribution in [1.82, 2.24) is 4.57 Å². The molecule has 0 bridgehead atoms. The smallest absolute Gasteiger partial charge is 0.0553 e. The normalized spacial score (nSPS) is 11.9. The Hall–Kier alpha value is -5.70. The van der Waals surface area contributed by atoms with Crippen LogP contribution in [0, 0.1) is 0 Å². The molecule has 0 aliphatic carbocycles. The molecule has 1 nitrogen and oxygen atoms in total. The molecule has 0 saturated carbocycles. The molecule has 46 heavy (non-hydrogen) atoms. The Labute approximate surface area is 270 Å². The van der Waals surface area contributed by atoms with Crippen molar-refractivity contribution in [3.63, 3.8) is 0 Å². The third-order valence-electron chi connectivity index (χ3n) is 9.50. The number of nitrogens with zero attached hydrogens (tertiary/aromatic N) is 1. The van der Waals surface area contributed by atoms with Gasteiger partial charge in [-0.15, -0.1) is 11.3 Å². The fourth-order valence-corrected chi connectivity index (χ4v) is 8.47. The van der Waals surface area contributed by atoms with Gasteiger partial charge in [-0.3, -0.25) is 0 Å². The van der Waals surface area contributed by atoms with Crippen molar-refractivity contribution in [1.29, 1.82) is 0 Å². The Balaban J connectivity index is 1.28. The fraction of sp³-hybridized carbons (Fsp3) is 0. The van der Waals surface area contributed by atoms with Crippen molar-refractivity contribution in [3.05, 3.63) is 164 Å². The van der Waals surface area contributed by atoms with Crippen LogP contribution in [0.4, 0.5) is 0 Å². The maximum Gasteiger partial charge on any atom is 0.0553 e. The zero-order chi connectivity index (χ0) is 30.2. The molecule has 2 aromatic heterocycles. The lowest BCUT2D eigenvalue weighted by Crippen LogP contribution is -1.96. The van der Waals surface area contributed by atoms with Gasteiger partial charge in [-0.2, -0.15) is 0 Å². The minimum absolute atomic E-state index is 1.17. The zero-order valence-electron chi connectivity index (χ0n) is 24.9. The monoisotopic (exact) mass is 601 g/mol. The molecule has 0 radical (unpaired) electrons. The first kappa shape index (κ1) is 25.6. The predicted molar refractivity (Wildman–Crippen MR) is 199 cm³/mol. The van der Waals surface area contributed by atoms with Crippen molar-refractivity contribution in [2.75, 3.05) is 0 Å². The maximum atomic E-state index is 2.49. The number of thiophene rings is 1. The number of hydrogen-bond acceptors (Lipinski definition) is 1. The maximum absolute atomic E-state index is 2.49. The van der Waals surface area contributed by atoms with Crippen molar-refractivity contribution >= 4 is 64.1 Å². The second-order valence-corrected chi connectivity index (χ2v) is 13.3. The molecule has 10 aromatic rings. The molecule has 214 valence electrons. The van der Waals surface area contributed by atoms with Crippen molar-refractivity contribution in [2.24, 2.45) is 0 Å². The summed E-state index contributed by atoms with van der Waals surface area (Å²) in [5, 5.41) is 7.85. The minimum Gasteiger partial charge on any atom is -0.309 e. The molecule has 0 atom stereocenters. The van der Waals surface area contributed by atoms with E-state index in [4.69, 9.17) is 0 Å². The molecule has 8 aromatic carbocycles. The Kier molecular flexibility index (Phi) is 5.51. The summed E-state index contributed by atoms with van der Waals surface area (Å²) in [5.41, 5.74) is 11.0. The lowest BCUT2D eigenvalue weighted by molar-refractivity contribution is 1.18. The van der Waals surface area contributed by atoms with Crippen molar-refractivity contribution in [3.8, 4) is 39.1 Å². The van der Waals surface area contributed by atoms with Gasteiger partial charge in [0.2, 0.25) is 0 Å². The zero-order valence-corrected chi connectivity index (χ0v) is 25.8. The number of benzene rings is 8. The van der Waals surface area contributed by atoms with Gasteiger partial charge in [0.1, 0.15) is 0 Å². The highest BCUT2D eigenvalue weighted by atomic mass is 32.1. The van der Waals surface area contributed by atoms with Gasteiger partial charge >= 0.3 is 0 Å². The van der Waals surface area contributed by atoms with Crippen LogP contribution in [0.5, 0.6) is 0 Å². The average molecular weight is 602 g/mol. The van der Waals surface area contributed by atoms with Gasteiger partial charge < -0.3 is 4.57 Å². The van der Waals surface area contributed by atoms with Crippen LogP contribution < -0.4 is 0 Å². The average Bonchev–Trinajstić information content (AvgIpc) is 3.67. The van der Waals surface area contributed by atoms with E-state index >= 15 is 0 Å². The Morgan fingerprint density at radius 2 is 1.00 bits per heavy atom. The third-order valence-corrected chi connectivity index (χ3v) is 10.6. The molecule has 0 fully saturated rings. The van der Waals surface area contributed by atoms with Gasteiger partial charge in [-0.1, -0.05) is 109 Å². The van der Waals surface area contributed by atoms with E-state index in [0.717, 1.165) is 0 Å². The molecule has 2 heteroatoms. The van der Waals surface area contributed by atoms with E-state index in [1.807, 2.05) is 11.3 Å². The van der Waals surface area contributed by atoms with Crippen LogP contribution in [0.3, 0.4) is 0 Å². The lowest BCUT2D eigenvalue weighted by atomic mass is 9.96. The van der Waals surface area contributed by atoms with Gasteiger partial charge in [0, 0.05) is 36.6 Å². The Bertz CT molecular complexity index is 2670. The van der Waals surface area contributed by atoms with Crippen LogP contribution in [0.15, 0.2) is 164 Å². The van der Waals surface area contributed by atoms with Crippen LogP contribution in [-0.2, 0) is 0 Å². The summed E-state index contributed by atoms with van der Waals surface area (Å²) in [4.78, 5) is 0. The summed E-state index contributed by atoms with van der Waals surface area (Å²) in [6.07, 6.45) is 0. The molecular weight excluding hydrogens is 575 g/mol. The standard InChI is InChI=1S/C44H27NS/c1-3-10-28(11-4-1)33-23-34(29-12-5-2-6-13-29)25-36(24-33)45-39-16-9-14-30-18-19-32-22-35(27-40(45)44(32)43(30)39)31-20-21-42-38(26-31)37-15-7-8-17-41(37)46-42/h1-27H. The number of hydrogen-bond donors (Lipinski definition) is 0. The quantitative estimate of drug-likeness (QED) is 0.177. The Morgan fingerprint density at radius 1 is 0.348 bits per heavy atom. The molecule has 0 N–H and O–H groups in total. The van der Waals surface area contributed by atoms with E-state index in [1.54, 1.807) is 0 Å². The number of fused-ring (bicyclic) bond motifs is 3. The second kappa shape index (κ2) is 9.90. The van der Waals surface area contributed by atoms with E-state index in [-0.39, 0.29) is 0 Å². The van der Waals surface area contributed by atoms with E-state index in [0.29, 0.717) is 0 Å². The first-order valence-corrected chi connectivity index (χ1v) is 16.6. The van der Waals surface area contributed by atoms with Crippen LogP contribution in [0.25, 0.3) is 91.8 Å². The highest BCUT2D eigenvalue weighted by Crippen LogP contribution is 2.43. The third kappa shape index (κ3) is 3.87. The summed E-state index contributed by atoms with van der Waals surface area (Å²) in [5.74, 6) is 0. The molecule has 10 rings (SSSR count). The molecule has 0 amide bonds. The molecule has 0 spiro atoms. The van der Waals surface area contributed by atoms with E-state index < -0.39 is 0 Å². The second-order valence-electron chi connectivity index (χ2n) is 12.2. The topological polar surface area (TPSA) is 4.93 Å². The summed E-state index contributed by atoms with van der Waals surface area (Å²) >= 11 is 1.87. The lowest BCUT2D eigenvalue weighted by Gasteiger charge is -2.14. The summed E-state index contributed by atoms with van der Waals surface area (Å²) < 4.78 is 5.16. The predicted octanol–water partition coefficient (Wildman–Crippen LogP) is 12.7. The van der Waals surface area contributed by atoms with Crippen LogP contribution in [0.2, 0.25) is 0 Å². The van der Waals surface area contributed by atoms with Crippen LogP contribution in [-0.4, -0.2) is 4.57 Å². The van der Waals surface area contributed by atoms with Gasteiger partial charge in [-0.25, -0.2) is 0 Å². The molecule has 0 saturated heterocycles. The Morgan fingerprint density at radius 3 is 1.78 bits per heavy atom. The van der Waals surface area contributed by atoms with Gasteiger partial charge in [0.25, 0.3) is 0 Å². The minimum atomic E-state index is 1.17. The fourth-order valence-electron chi connectivity index (χ4n) is 7.38. The van der Waals surface area contributed by atoms with E-state index in [1.165, 1.54) is 91.8 Å². The molecular formula is C44H27NS. The largest absolute Gasteiger partial charge is 0.309 e. The van der Waals surface area contributed by atoms with E-state index in [9.17, 15) is 0 Å². The summed E-state index contributed by atoms with van der Waals surface area (Å²) in [6.45, 7) is 0. The summed E-state index contributed by atoms with van der Waals surface area (Å²) in [6, 6.07) is 60.3.